The summed E-state index contributed by atoms with van der Waals surface area (Å²) in [6, 6.07) is 14.5. The molecule has 3 aromatic carbocycles. The average Bonchev–Trinajstić information content (AvgIpc) is 3.59. The molecule has 6 rings (SSSR count). The summed E-state index contributed by atoms with van der Waals surface area (Å²) in [6.07, 6.45) is 4.45. The van der Waals surface area contributed by atoms with Crippen LogP contribution in [-0.4, -0.2) is 35.8 Å². The number of imide groups is 1. The zero-order valence-corrected chi connectivity index (χ0v) is 20.3. The van der Waals surface area contributed by atoms with Crippen LogP contribution in [0.4, 0.5) is 10.1 Å². The van der Waals surface area contributed by atoms with Gasteiger partial charge < -0.3 is 14.4 Å². The van der Waals surface area contributed by atoms with Crippen LogP contribution < -0.4 is 14.4 Å². The van der Waals surface area contributed by atoms with E-state index in [0.717, 1.165) is 42.2 Å². The number of amides is 3. The Labute approximate surface area is 213 Å². The number of hydrogen-bond acceptors (Lipinski definition) is 5. The van der Waals surface area contributed by atoms with Gasteiger partial charge in [0.05, 0.1) is 37.4 Å². The number of methoxy groups -OCH3 is 1. The molecule has 0 N–H and O–H groups in total. The summed E-state index contributed by atoms with van der Waals surface area (Å²) in [6.45, 7) is 0.395. The fraction of sp³-hybridized carbons (Fsp3) is 0.276. The third-order valence-electron chi connectivity index (χ3n) is 7.31. The van der Waals surface area contributed by atoms with Gasteiger partial charge in [-0.3, -0.25) is 19.3 Å². The van der Waals surface area contributed by atoms with E-state index in [9.17, 15) is 18.8 Å². The Morgan fingerprint density at radius 2 is 1.62 bits per heavy atom. The minimum atomic E-state index is -0.569. The Bertz CT molecular complexity index is 1450. The lowest BCUT2D eigenvalue weighted by atomic mass is 10.1. The van der Waals surface area contributed by atoms with Crippen molar-refractivity contribution in [3.05, 3.63) is 88.2 Å². The van der Waals surface area contributed by atoms with E-state index >= 15 is 0 Å². The summed E-state index contributed by atoms with van der Waals surface area (Å²) in [5, 5.41) is 0. The molecule has 0 unspecified atom stereocenters. The largest absolute Gasteiger partial charge is 0.493 e. The van der Waals surface area contributed by atoms with Crippen molar-refractivity contribution in [3.63, 3.8) is 0 Å². The third-order valence-corrected chi connectivity index (χ3v) is 7.31. The number of nitrogens with zero attached hydrogens (tertiary/aromatic N) is 2. The van der Waals surface area contributed by atoms with Gasteiger partial charge in [0.15, 0.2) is 11.5 Å². The topological polar surface area (TPSA) is 76.2 Å². The van der Waals surface area contributed by atoms with Gasteiger partial charge in [0.1, 0.15) is 5.82 Å². The fourth-order valence-electron chi connectivity index (χ4n) is 5.36. The molecule has 1 aliphatic carbocycles. The van der Waals surface area contributed by atoms with Crippen LogP contribution in [0.15, 0.2) is 54.6 Å². The second-order valence-corrected chi connectivity index (χ2v) is 9.63. The monoisotopic (exact) mass is 500 g/mol. The molecule has 2 heterocycles. The molecule has 3 aliphatic rings. The molecule has 0 atom stereocenters. The molecular weight excluding hydrogens is 475 g/mol. The predicted octanol–water partition coefficient (Wildman–Crippen LogP) is 5.11. The number of halogens is 1. The van der Waals surface area contributed by atoms with Crippen LogP contribution in [-0.2, 0) is 13.1 Å². The first kappa shape index (κ1) is 23.2. The molecule has 3 amide bonds. The summed E-state index contributed by atoms with van der Waals surface area (Å²) >= 11 is 0. The van der Waals surface area contributed by atoms with Crippen molar-refractivity contribution < 1.29 is 28.2 Å². The van der Waals surface area contributed by atoms with Gasteiger partial charge in [0.25, 0.3) is 17.7 Å². The van der Waals surface area contributed by atoms with Gasteiger partial charge >= 0.3 is 0 Å². The molecule has 0 aromatic heterocycles. The molecule has 1 fully saturated rings. The Balaban J connectivity index is 1.23. The molecule has 0 spiro atoms. The predicted molar refractivity (Wildman–Crippen MR) is 133 cm³/mol. The second-order valence-electron chi connectivity index (χ2n) is 9.63. The zero-order chi connectivity index (χ0) is 25.7. The Morgan fingerprint density at radius 1 is 0.838 bits per heavy atom. The maximum absolute atomic E-state index is 13.6. The van der Waals surface area contributed by atoms with Gasteiger partial charge in [-0.1, -0.05) is 12.1 Å². The zero-order valence-electron chi connectivity index (χ0n) is 20.3. The van der Waals surface area contributed by atoms with Crippen molar-refractivity contribution in [2.45, 2.75) is 44.9 Å². The van der Waals surface area contributed by atoms with Crippen molar-refractivity contribution in [3.8, 4) is 11.5 Å². The molecule has 8 heteroatoms. The smallest absolute Gasteiger partial charge is 0.261 e. The second kappa shape index (κ2) is 9.03. The maximum Gasteiger partial charge on any atom is 0.261 e. The Kier molecular flexibility index (Phi) is 5.67. The van der Waals surface area contributed by atoms with E-state index in [1.165, 1.54) is 12.1 Å². The average molecular weight is 501 g/mol. The number of hydrogen-bond donors (Lipinski definition) is 0. The standard InChI is InChI=1S/C29H25FN2O5/c1-36-25-11-9-20(14-26(25)37-21-4-2-3-5-21)31-16-18-7-6-17(12-23(18)28(31)34)15-32-27(33)22-10-8-19(30)13-24(22)29(32)35/h6-14,21H,2-5,15-16H2,1H3. The molecule has 2 aliphatic heterocycles. The molecular formula is C29H25FN2O5. The number of carbonyl (C=O) groups is 3. The first-order valence-corrected chi connectivity index (χ1v) is 12.4. The summed E-state index contributed by atoms with van der Waals surface area (Å²) in [5.41, 5.74) is 2.97. The van der Waals surface area contributed by atoms with E-state index in [0.29, 0.717) is 34.9 Å². The van der Waals surface area contributed by atoms with Crippen LogP contribution >= 0.6 is 0 Å². The van der Waals surface area contributed by atoms with Crippen LogP contribution in [0.1, 0.15) is 67.9 Å². The van der Waals surface area contributed by atoms with Gasteiger partial charge in [0, 0.05) is 17.3 Å². The van der Waals surface area contributed by atoms with Crippen LogP contribution in [0.3, 0.4) is 0 Å². The molecule has 0 saturated heterocycles. The number of fused-ring (bicyclic) bond motifs is 2. The highest BCUT2D eigenvalue weighted by atomic mass is 19.1. The number of ether oxygens (including phenoxy) is 2. The molecule has 0 bridgehead atoms. The summed E-state index contributed by atoms with van der Waals surface area (Å²) in [4.78, 5) is 41.7. The Hall–Kier alpha value is -4.20. The van der Waals surface area contributed by atoms with Gasteiger partial charge in [0.2, 0.25) is 0 Å². The molecule has 7 nitrogen and oxygen atoms in total. The molecule has 37 heavy (non-hydrogen) atoms. The van der Waals surface area contributed by atoms with Crippen LogP contribution in [0.25, 0.3) is 0 Å². The van der Waals surface area contributed by atoms with Crippen LogP contribution in [0, 0.1) is 5.82 Å². The van der Waals surface area contributed by atoms with Crippen LogP contribution in [0.2, 0.25) is 0 Å². The number of anilines is 1. The molecule has 1 saturated carbocycles. The van der Waals surface area contributed by atoms with Gasteiger partial charge in [-0.2, -0.15) is 0 Å². The SMILES string of the molecule is COc1ccc(N2Cc3ccc(CN4C(=O)c5ccc(F)cc5C4=O)cc3C2=O)cc1OC1CCCC1. The number of benzene rings is 3. The highest BCUT2D eigenvalue weighted by molar-refractivity contribution is 6.21. The summed E-state index contributed by atoms with van der Waals surface area (Å²) < 4.78 is 25.3. The normalized spacial score (nSPS) is 17.0. The van der Waals surface area contributed by atoms with Gasteiger partial charge in [-0.15, -0.1) is 0 Å². The van der Waals surface area contributed by atoms with Gasteiger partial charge in [-0.25, -0.2) is 4.39 Å². The van der Waals surface area contributed by atoms with E-state index < -0.39 is 17.6 Å². The fourth-order valence-corrected chi connectivity index (χ4v) is 5.36. The first-order valence-electron chi connectivity index (χ1n) is 12.4. The molecule has 188 valence electrons. The van der Waals surface area contributed by atoms with Gasteiger partial charge in [-0.05, 0) is 73.2 Å². The lowest BCUT2D eigenvalue weighted by molar-refractivity contribution is 0.0642. The third kappa shape index (κ3) is 4.02. The number of rotatable bonds is 6. The Morgan fingerprint density at radius 3 is 2.41 bits per heavy atom. The van der Waals surface area contributed by atoms with E-state index in [-0.39, 0.29) is 29.7 Å². The summed E-state index contributed by atoms with van der Waals surface area (Å²) in [7, 11) is 1.60. The van der Waals surface area contributed by atoms with Crippen LogP contribution in [0.5, 0.6) is 11.5 Å². The maximum atomic E-state index is 13.6. The van der Waals surface area contributed by atoms with E-state index in [4.69, 9.17) is 9.47 Å². The van der Waals surface area contributed by atoms with Crippen molar-refractivity contribution in [2.24, 2.45) is 0 Å². The lowest BCUT2D eigenvalue weighted by Gasteiger charge is -2.20. The van der Waals surface area contributed by atoms with E-state index in [2.05, 4.69) is 0 Å². The van der Waals surface area contributed by atoms with Crippen molar-refractivity contribution in [2.75, 3.05) is 12.0 Å². The van der Waals surface area contributed by atoms with E-state index in [1.54, 1.807) is 18.1 Å². The van der Waals surface area contributed by atoms with E-state index in [1.807, 2.05) is 30.3 Å². The first-order chi connectivity index (χ1) is 17.9. The summed E-state index contributed by atoms with van der Waals surface area (Å²) in [5.74, 6) is -0.498. The van der Waals surface area contributed by atoms with Crippen molar-refractivity contribution in [1.29, 1.82) is 0 Å². The molecule has 3 aromatic rings. The minimum Gasteiger partial charge on any atom is -0.493 e. The lowest BCUT2D eigenvalue weighted by Crippen LogP contribution is -2.29. The highest BCUT2D eigenvalue weighted by Crippen LogP contribution is 2.38. The minimum absolute atomic E-state index is 0.00353. The van der Waals surface area contributed by atoms with Crippen molar-refractivity contribution in [1.82, 2.24) is 4.90 Å². The van der Waals surface area contributed by atoms with Crippen molar-refractivity contribution >= 4 is 23.4 Å². The highest BCUT2D eigenvalue weighted by Gasteiger charge is 2.36. The number of carbonyl (C=O) groups excluding carboxylic acids is 3. The molecule has 0 radical (unpaired) electrons. The quantitative estimate of drug-likeness (QED) is 0.440.